The molecule has 0 aliphatic rings. The van der Waals surface area contributed by atoms with Crippen LogP contribution < -0.4 is 4.90 Å². The van der Waals surface area contributed by atoms with E-state index < -0.39 is 5.97 Å². The Kier molecular flexibility index (Phi) is 6.21. The third kappa shape index (κ3) is 4.49. The topological polar surface area (TPSA) is 73.7 Å². The summed E-state index contributed by atoms with van der Waals surface area (Å²) in [5, 5.41) is 8.91. The first kappa shape index (κ1) is 16.5. The lowest BCUT2D eigenvalue weighted by Crippen LogP contribution is -2.32. The number of terminal acetylenes is 1. The first-order chi connectivity index (χ1) is 10.0. The number of carboxylic acid groups (broad SMARTS) is 1. The van der Waals surface area contributed by atoms with Gasteiger partial charge >= 0.3 is 5.97 Å². The molecule has 6 heteroatoms. The Morgan fingerprint density at radius 3 is 2.57 bits per heavy atom. The molecular weight excluding hydrogens is 270 g/mol. The van der Waals surface area contributed by atoms with Crippen molar-refractivity contribution in [2.45, 2.75) is 13.8 Å². The van der Waals surface area contributed by atoms with Gasteiger partial charge in [-0.3, -0.25) is 14.6 Å². The van der Waals surface area contributed by atoms with E-state index >= 15 is 0 Å². The molecule has 0 saturated carbocycles. The largest absolute Gasteiger partial charge is 0.480 e. The van der Waals surface area contributed by atoms with Crippen LogP contribution in [-0.2, 0) is 4.79 Å². The number of carbonyl (C=O) groups excluding carboxylic acids is 1. The van der Waals surface area contributed by atoms with E-state index in [4.69, 9.17) is 11.5 Å². The number of hydrogen-bond donors (Lipinski definition) is 1. The maximum Gasteiger partial charge on any atom is 0.323 e. The van der Waals surface area contributed by atoms with E-state index in [2.05, 4.69) is 10.9 Å². The predicted octanol–water partition coefficient (Wildman–Crippen LogP) is 1.09. The number of rotatable bonds is 7. The maximum atomic E-state index is 12.3. The molecule has 0 saturated heterocycles. The lowest BCUT2D eigenvalue weighted by Gasteiger charge is -2.22. The molecule has 0 radical (unpaired) electrons. The minimum absolute atomic E-state index is 0.148. The van der Waals surface area contributed by atoms with Crippen LogP contribution in [0.2, 0.25) is 0 Å². The number of aromatic nitrogens is 1. The molecule has 1 amide bonds. The molecule has 0 fully saturated rings. The first-order valence-electron chi connectivity index (χ1n) is 6.69. The van der Waals surface area contributed by atoms with E-state index in [9.17, 15) is 9.59 Å². The fourth-order valence-electron chi connectivity index (χ4n) is 1.92. The van der Waals surface area contributed by atoms with Crippen molar-refractivity contribution in [3.05, 3.63) is 24.0 Å². The fraction of sp³-hybridized carbons (Fsp3) is 0.400. The van der Waals surface area contributed by atoms with E-state index in [1.54, 1.807) is 17.0 Å². The van der Waals surface area contributed by atoms with E-state index in [0.29, 0.717) is 18.8 Å². The highest BCUT2D eigenvalue weighted by atomic mass is 16.4. The SMILES string of the molecule is C#CCN(CC(=O)O)c1ccnc(C(=O)N(CC)CC)c1. The molecule has 0 bridgehead atoms. The van der Waals surface area contributed by atoms with Crippen molar-refractivity contribution in [2.24, 2.45) is 0 Å². The van der Waals surface area contributed by atoms with Gasteiger partial charge in [-0.05, 0) is 26.0 Å². The summed E-state index contributed by atoms with van der Waals surface area (Å²) in [5.74, 6) is 1.24. The Hall–Kier alpha value is -2.55. The van der Waals surface area contributed by atoms with Crippen molar-refractivity contribution < 1.29 is 14.7 Å². The van der Waals surface area contributed by atoms with Gasteiger partial charge in [-0.15, -0.1) is 6.42 Å². The van der Waals surface area contributed by atoms with Crippen molar-refractivity contribution in [1.29, 1.82) is 0 Å². The van der Waals surface area contributed by atoms with Crippen molar-refractivity contribution in [2.75, 3.05) is 31.1 Å². The Bertz CT molecular complexity index is 547. The zero-order valence-corrected chi connectivity index (χ0v) is 12.2. The van der Waals surface area contributed by atoms with Gasteiger partial charge in [0.2, 0.25) is 0 Å². The van der Waals surface area contributed by atoms with Gasteiger partial charge < -0.3 is 14.9 Å². The Morgan fingerprint density at radius 2 is 2.05 bits per heavy atom. The summed E-state index contributed by atoms with van der Waals surface area (Å²) in [6.45, 7) is 4.87. The molecule has 112 valence electrons. The molecule has 0 atom stereocenters. The van der Waals surface area contributed by atoms with E-state index in [1.807, 2.05) is 13.8 Å². The third-order valence-electron chi connectivity index (χ3n) is 2.99. The van der Waals surface area contributed by atoms with Crippen LogP contribution in [0.25, 0.3) is 0 Å². The van der Waals surface area contributed by atoms with Crippen LogP contribution in [-0.4, -0.2) is 53.0 Å². The third-order valence-corrected chi connectivity index (χ3v) is 2.99. The molecule has 6 nitrogen and oxygen atoms in total. The van der Waals surface area contributed by atoms with Crippen molar-refractivity contribution in [1.82, 2.24) is 9.88 Å². The fourth-order valence-corrected chi connectivity index (χ4v) is 1.92. The molecule has 0 unspecified atom stereocenters. The number of anilines is 1. The highest BCUT2D eigenvalue weighted by molar-refractivity contribution is 5.93. The molecule has 1 aromatic rings. The number of carboxylic acids is 1. The van der Waals surface area contributed by atoms with Gasteiger partial charge in [0.15, 0.2) is 0 Å². The molecule has 1 aromatic heterocycles. The van der Waals surface area contributed by atoms with Crippen LogP contribution in [0, 0.1) is 12.3 Å². The molecule has 21 heavy (non-hydrogen) atoms. The van der Waals surface area contributed by atoms with Gasteiger partial charge in [0, 0.05) is 25.0 Å². The number of amides is 1. The molecule has 0 aliphatic heterocycles. The van der Waals surface area contributed by atoms with E-state index in [-0.39, 0.29) is 24.7 Å². The van der Waals surface area contributed by atoms with Crippen LogP contribution in [0.4, 0.5) is 5.69 Å². The smallest absolute Gasteiger partial charge is 0.323 e. The predicted molar refractivity (Wildman–Crippen MR) is 80.2 cm³/mol. The van der Waals surface area contributed by atoms with Crippen LogP contribution in [0.1, 0.15) is 24.3 Å². The Balaban J connectivity index is 3.05. The van der Waals surface area contributed by atoms with Gasteiger partial charge in [-0.1, -0.05) is 5.92 Å². The van der Waals surface area contributed by atoms with Crippen LogP contribution in [0.3, 0.4) is 0 Å². The van der Waals surface area contributed by atoms with Crippen LogP contribution in [0.5, 0.6) is 0 Å². The van der Waals surface area contributed by atoms with Gasteiger partial charge in [-0.2, -0.15) is 0 Å². The highest BCUT2D eigenvalue weighted by Gasteiger charge is 2.16. The standard InChI is InChI=1S/C15H19N3O3/c1-4-9-18(11-14(19)20)12-7-8-16-13(10-12)15(21)17(5-2)6-3/h1,7-8,10H,5-6,9,11H2,2-3H3,(H,19,20). The molecule has 1 N–H and O–H groups in total. The number of aliphatic carboxylic acids is 1. The zero-order chi connectivity index (χ0) is 15.8. The summed E-state index contributed by atoms with van der Waals surface area (Å²) in [5.41, 5.74) is 0.851. The molecule has 1 rings (SSSR count). The lowest BCUT2D eigenvalue weighted by atomic mass is 10.2. The second-order valence-electron chi connectivity index (χ2n) is 4.33. The lowest BCUT2D eigenvalue weighted by molar-refractivity contribution is -0.135. The van der Waals surface area contributed by atoms with Crippen molar-refractivity contribution in [3.8, 4) is 12.3 Å². The first-order valence-corrected chi connectivity index (χ1v) is 6.69. The number of hydrogen-bond acceptors (Lipinski definition) is 4. The second-order valence-corrected chi connectivity index (χ2v) is 4.33. The quantitative estimate of drug-likeness (QED) is 0.761. The summed E-state index contributed by atoms with van der Waals surface area (Å²) in [4.78, 5) is 30.3. The van der Waals surface area contributed by atoms with Crippen molar-refractivity contribution in [3.63, 3.8) is 0 Å². The van der Waals surface area contributed by atoms with Gasteiger partial charge in [0.05, 0.1) is 6.54 Å². The monoisotopic (exact) mass is 289 g/mol. The summed E-state index contributed by atoms with van der Waals surface area (Å²) >= 11 is 0. The van der Waals surface area contributed by atoms with Gasteiger partial charge in [-0.25, -0.2) is 0 Å². The normalized spacial score (nSPS) is 9.76. The van der Waals surface area contributed by atoms with Crippen LogP contribution in [0.15, 0.2) is 18.3 Å². The zero-order valence-electron chi connectivity index (χ0n) is 12.2. The summed E-state index contributed by atoms with van der Waals surface area (Å²) < 4.78 is 0. The molecule has 0 aliphatic carbocycles. The minimum Gasteiger partial charge on any atom is -0.480 e. The number of pyridine rings is 1. The average molecular weight is 289 g/mol. The summed E-state index contributed by atoms with van der Waals surface area (Å²) in [6, 6.07) is 3.21. The van der Waals surface area contributed by atoms with Gasteiger partial charge in [0.25, 0.3) is 5.91 Å². The average Bonchev–Trinajstić information content (AvgIpc) is 2.47. The summed E-state index contributed by atoms with van der Waals surface area (Å²) in [6.07, 6.45) is 6.74. The van der Waals surface area contributed by atoms with Gasteiger partial charge in [0.1, 0.15) is 12.2 Å². The summed E-state index contributed by atoms with van der Waals surface area (Å²) in [7, 11) is 0. The highest BCUT2D eigenvalue weighted by Crippen LogP contribution is 2.15. The Labute approximate surface area is 124 Å². The second kappa shape index (κ2) is 7.90. The maximum absolute atomic E-state index is 12.3. The molecule has 1 heterocycles. The molecule has 0 aromatic carbocycles. The van der Waals surface area contributed by atoms with E-state index in [1.165, 1.54) is 11.1 Å². The van der Waals surface area contributed by atoms with Crippen LogP contribution >= 0.6 is 0 Å². The minimum atomic E-state index is -0.987. The number of carbonyl (C=O) groups is 2. The number of nitrogens with zero attached hydrogens (tertiary/aromatic N) is 3. The molecule has 0 spiro atoms. The van der Waals surface area contributed by atoms with E-state index in [0.717, 1.165) is 0 Å². The molecular formula is C15H19N3O3. The Morgan fingerprint density at radius 1 is 1.38 bits per heavy atom. The van der Waals surface area contributed by atoms with Crippen molar-refractivity contribution >= 4 is 17.6 Å².